The van der Waals surface area contributed by atoms with E-state index in [0.29, 0.717) is 0 Å². The van der Waals surface area contributed by atoms with E-state index in [9.17, 15) is 4.79 Å². The molecule has 0 radical (unpaired) electrons. The minimum absolute atomic E-state index is 0.148. The maximum absolute atomic E-state index is 12.9. The maximum atomic E-state index is 12.9. The van der Waals surface area contributed by atoms with Crippen LogP contribution in [0.5, 0.6) is 0 Å². The molecule has 0 saturated carbocycles. The lowest BCUT2D eigenvalue weighted by atomic mass is 10.0. The molecule has 1 fully saturated rings. The molecule has 1 saturated heterocycles. The quantitative estimate of drug-likeness (QED) is 0.944. The van der Waals surface area contributed by atoms with Crippen LogP contribution in [-0.4, -0.2) is 33.7 Å². The summed E-state index contributed by atoms with van der Waals surface area (Å²) in [5.41, 5.74) is 1.85. The van der Waals surface area contributed by atoms with E-state index in [1.54, 1.807) is 10.9 Å². The number of hydrogen-bond acceptors (Lipinski definition) is 3. The van der Waals surface area contributed by atoms with E-state index in [-0.39, 0.29) is 11.9 Å². The zero-order valence-corrected chi connectivity index (χ0v) is 12.9. The number of piperidine rings is 1. The van der Waals surface area contributed by atoms with E-state index in [0.717, 1.165) is 37.2 Å². The van der Waals surface area contributed by atoms with Gasteiger partial charge in [0.05, 0.1) is 11.9 Å². The molecule has 0 aliphatic carbocycles. The molecule has 2 heterocycles. The zero-order valence-electron chi connectivity index (χ0n) is 12.9. The van der Waals surface area contributed by atoms with Gasteiger partial charge in [-0.15, -0.1) is 0 Å². The number of anilines is 1. The number of aromatic nitrogens is 2. The van der Waals surface area contributed by atoms with Crippen molar-refractivity contribution in [3.8, 4) is 0 Å². The van der Waals surface area contributed by atoms with Gasteiger partial charge in [-0.2, -0.15) is 5.10 Å². The van der Waals surface area contributed by atoms with E-state index >= 15 is 0 Å². The van der Waals surface area contributed by atoms with Crippen molar-refractivity contribution in [2.24, 2.45) is 7.05 Å². The number of carbonyl (C=O) groups is 1. The number of carbonyl (C=O) groups excluding carboxylic acids is 1. The average molecular weight is 298 g/mol. The van der Waals surface area contributed by atoms with E-state index in [1.165, 1.54) is 6.42 Å². The molecule has 1 aromatic carbocycles. The van der Waals surface area contributed by atoms with Gasteiger partial charge in [-0.3, -0.25) is 9.48 Å². The lowest BCUT2D eigenvalue weighted by molar-refractivity contribution is -0.133. The van der Waals surface area contributed by atoms with Crippen LogP contribution >= 0.6 is 0 Å². The minimum atomic E-state index is -0.358. The first kappa shape index (κ1) is 14.6. The SMILES string of the molecule is Cn1cc(NC(C(=O)N2CCCCC2)c2ccccc2)cn1. The summed E-state index contributed by atoms with van der Waals surface area (Å²) >= 11 is 0. The van der Waals surface area contributed by atoms with Crippen molar-refractivity contribution in [3.05, 3.63) is 48.3 Å². The number of amides is 1. The lowest BCUT2D eigenvalue weighted by Crippen LogP contribution is -2.41. The average Bonchev–Trinajstić information content (AvgIpc) is 2.99. The van der Waals surface area contributed by atoms with Gasteiger partial charge in [-0.1, -0.05) is 30.3 Å². The van der Waals surface area contributed by atoms with Crippen LogP contribution < -0.4 is 5.32 Å². The third-order valence-electron chi connectivity index (χ3n) is 4.06. The van der Waals surface area contributed by atoms with Crippen molar-refractivity contribution in [2.45, 2.75) is 25.3 Å². The molecule has 0 bridgehead atoms. The van der Waals surface area contributed by atoms with Crippen LogP contribution in [0.15, 0.2) is 42.7 Å². The van der Waals surface area contributed by atoms with Gasteiger partial charge in [0.25, 0.3) is 0 Å². The van der Waals surface area contributed by atoms with Crippen LogP contribution in [0.2, 0.25) is 0 Å². The first-order valence-corrected chi connectivity index (χ1v) is 7.83. The molecular weight excluding hydrogens is 276 g/mol. The van der Waals surface area contributed by atoms with Gasteiger partial charge in [0.2, 0.25) is 5.91 Å². The highest BCUT2D eigenvalue weighted by Gasteiger charge is 2.27. The van der Waals surface area contributed by atoms with Crippen molar-refractivity contribution in [3.63, 3.8) is 0 Å². The highest BCUT2D eigenvalue weighted by Crippen LogP contribution is 2.23. The molecule has 5 heteroatoms. The normalized spacial score (nSPS) is 16.3. The predicted molar refractivity (Wildman–Crippen MR) is 86.4 cm³/mol. The fourth-order valence-corrected chi connectivity index (χ4v) is 2.89. The maximum Gasteiger partial charge on any atom is 0.249 e. The molecule has 5 nitrogen and oxygen atoms in total. The highest BCUT2D eigenvalue weighted by molar-refractivity contribution is 5.86. The van der Waals surface area contributed by atoms with Crippen molar-refractivity contribution in [2.75, 3.05) is 18.4 Å². The second-order valence-corrected chi connectivity index (χ2v) is 5.78. The Hall–Kier alpha value is -2.30. The van der Waals surface area contributed by atoms with Crippen molar-refractivity contribution in [1.29, 1.82) is 0 Å². The highest BCUT2D eigenvalue weighted by atomic mass is 16.2. The number of benzene rings is 1. The molecule has 1 unspecified atom stereocenters. The Bertz CT molecular complexity index is 617. The van der Waals surface area contributed by atoms with Gasteiger partial charge in [-0.05, 0) is 24.8 Å². The van der Waals surface area contributed by atoms with Gasteiger partial charge < -0.3 is 10.2 Å². The van der Waals surface area contributed by atoms with Gasteiger partial charge in [0.1, 0.15) is 6.04 Å². The number of rotatable bonds is 4. The Morgan fingerprint density at radius 1 is 1.18 bits per heavy atom. The second kappa shape index (κ2) is 6.64. The fourth-order valence-electron chi connectivity index (χ4n) is 2.89. The van der Waals surface area contributed by atoms with Gasteiger partial charge in [0.15, 0.2) is 0 Å². The molecule has 1 aliphatic rings. The molecule has 3 rings (SSSR count). The van der Waals surface area contributed by atoms with Crippen molar-refractivity contribution >= 4 is 11.6 Å². The minimum Gasteiger partial charge on any atom is -0.368 e. The standard InChI is InChI=1S/C17H22N4O/c1-20-13-15(12-18-20)19-16(14-8-4-2-5-9-14)17(22)21-10-6-3-7-11-21/h2,4-5,8-9,12-13,16,19H,3,6-7,10-11H2,1H3. The van der Waals surface area contributed by atoms with Crippen LogP contribution in [-0.2, 0) is 11.8 Å². The third-order valence-corrected chi connectivity index (χ3v) is 4.06. The Morgan fingerprint density at radius 3 is 2.55 bits per heavy atom. The first-order valence-electron chi connectivity index (χ1n) is 7.83. The largest absolute Gasteiger partial charge is 0.368 e. The molecule has 1 aromatic heterocycles. The monoisotopic (exact) mass is 298 g/mol. The van der Waals surface area contributed by atoms with E-state index in [1.807, 2.05) is 48.5 Å². The number of likely N-dealkylation sites (tertiary alicyclic amines) is 1. The summed E-state index contributed by atoms with van der Waals surface area (Å²) in [7, 11) is 1.87. The molecule has 116 valence electrons. The van der Waals surface area contributed by atoms with Gasteiger partial charge in [-0.25, -0.2) is 0 Å². The Balaban J connectivity index is 1.83. The molecule has 1 N–H and O–H groups in total. The van der Waals surface area contributed by atoms with Crippen LogP contribution in [0.3, 0.4) is 0 Å². The number of aryl methyl sites for hydroxylation is 1. The van der Waals surface area contributed by atoms with E-state index in [4.69, 9.17) is 0 Å². The summed E-state index contributed by atoms with van der Waals surface area (Å²) in [5, 5.41) is 7.50. The fraction of sp³-hybridized carbons (Fsp3) is 0.412. The Labute approximate surface area is 130 Å². The first-order chi connectivity index (χ1) is 10.7. The van der Waals surface area contributed by atoms with Crippen LogP contribution in [0.1, 0.15) is 30.9 Å². The summed E-state index contributed by atoms with van der Waals surface area (Å²) < 4.78 is 1.73. The topological polar surface area (TPSA) is 50.2 Å². The molecule has 22 heavy (non-hydrogen) atoms. The molecule has 0 spiro atoms. The number of nitrogens with one attached hydrogen (secondary N) is 1. The smallest absolute Gasteiger partial charge is 0.249 e. The number of nitrogens with zero attached hydrogens (tertiary/aromatic N) is 3. The van der Waals surface area contributed by atoms with Crippen LogP contribution in [0.25, 0.3) is 0 Å². The van der Waals surface area contributed by atoms with Crippen LogP contribution in [0.4, 0.5) is 5.69 Å². The number of hydrogen-bond donors (Lipinski definition) is 1. The molecule has 2 aromatic rings. The van der Waals surface area contributed by atoms with Crippen molar-refractivity contribution in [1.82, 2.24) is 14.7 Å². The molecule has 1 aliphatic heterocycles. The molecule has 1 amide bonds. The summed E-state index contributed by atoms with van der Waals surface area (Å²) in [5.74, 6) is 0.148. The predicted octanol–water partition coefficient (Wildman–Crippen LogP) is 2.59. The summed E-state index contributed by atoms with van der Waals surface area (Å²) in [6.45, 7) is 1.72. The summed E-state index contributed by atoms with van der Waals surface area (Å²) in [6.07, 6.45) is 7.05. The Kier molecular flexibility index (Phi) is 4.42. The summed E-state index contributed by atoms with van der Waals surface area (Å²) in [6, 6.07) is 9.54. The van der Waals surface area contributed by atoms with Crippen molar-refractivity contribution < 1.29 is 4.79 Å². The third kappa shape index (κ3) is 3.30. The van der Waals surface area contributed by atoms with Gasteiger partial charge in [0, 0.05) is 26.3 Å². The van der Waals surface area contributed by atoms with Crippen LogP contribution in [0, 0.1) is 0 Å². The molecule has 1 atom stereocenters. The van der Waals surface area contributed by atoms with E-state index in [2.05, 4.69) is 10.4 Å². The summed E-state index contributed by atoms with van der Waals surface area (Å²) in [4.78, 5) is 14.9. The second-order valence-electron chi connectivity index (χ2n) is 5.78. The zero-order chi connectivity index (χ0) is 15.4. The molecular formula is C17H22N4O. The Morgan fingerprint density at radius 2 is 1.91 bits per heavy atom. The van der Waals surface area contributed by atoms with E-state index < -0.39 is 0 Å². The van der Waals surface area contributed by atoms with Gasteiger partial charge >= 0.3 is 0 Å². The lowest BCUT2D eigenvalue weighted by Gasteiger charge is -2.31.